The molecule has 1 saturated carbocycles. The van der Waals surface area contributed by atoms with Gasteiger partial charge in [0.1, 0.15) is 22.9 Å². The number of nitrogens with one attached hydrogen (secondary N) is 2. The number of ketones is 1. The normalized spacial score (nSPS) is 24.3. The zero-order valence-corrected chi connectivity index (χ0v) is 20.1. The van der Waals surface area contributed by atoms with Gasteiger partial charge in [-0.15, -0.1) is 0 Å². The van der Waals surface area contributed by atoms with Crippen LogP contribution in [-0.2, 0) is 15.7 Å². The van der Waals surface area contributed by atoms with Gasteiger partial charge in [0.25, 0.3) is 0 Å². The molecule has 3 aliphatic rings. The number of pyridine rings is 1. The van der Waals surface area contributed by atoms with Crippen LogP contribution in [0.25, 0.3) is 22.3 Å². The van der Waals surface area contributed by atoms with Gasteiger partial charge >= 0.3 is 6.18 Å². The summed E-state index contributed by atoms with van der Waals surface area (Å²) in [4.78, 5) is 31.7. The molecule has 6 rings (SSSR count). The van der Waals surface area contributed by atoms with E-state index in [4.69, 9.17) is 10.5 Å². The molecule has 37 heavy (non-hydrogen) atoms. The van der Waals surface area contributed by atoms with Crippen molar-refractivity contribution in [2.45, 2.75) is 37.4 Å². The Balaban J connectivity index is 1.41. The van der Waals surface area contributed by atoms with Crippen LogP contribution in [0.3, 0.4) is 0 Å². The highest BCUT2D eigenvalue weighted by Gasteiger charge is 2.53. The first-order valence-electron chi connectivity index (χ1n) is 12.5. The van der Waals surface area contributed by atoms with Gasteiger partial charge < -0.3 is 25.7 Å². The Kier molecular flexibility index (Phi) is 5.92. The molecule has 1 aliphatic carbocycles. The van der Waals surface area contributed by atoms with Gasteiger partial charge in [-0.3, -0.25) is 4.79 Å². The Morgan fingerprint density at radius 2 is 1.89 bits per heavy atom. The number of alkyl halides is 3. The monoisotopic (exact) mass is 515 g/mol. The number of carbonyl (C=O) groups is 1. The predicted molar refractivity (Wildman–Crippen MR) is 130 cm³/mol. The van der Waals surface area contributed by atoms with Gasteiger partial charge in [0.05, 0.1) is 24.8 Å². The first-order valence-corrected chi connectivity index (χ1v) is 12.5. The quantitative estimate of drug-likeness (QED) is 0.487. The molecule has 3 aromatic heterocycles. The Morgan fingerprint density at radius 3 is 2.62 bits per heavy atom. The zero-order chi connectivity index (χ0) is 25.8. The minimum absolute atomic E-state index is 0.0446. The second kappa shape index (κ2) is 9.03. The zero-order valence-electron chi connectivity index (χ0n) is 20.1. The standard InChI is InChI=1S/C25H28F3N7O2/c26-25(27,28)16-13-32-23(19-17(29)11-24(21(19)36)3-5-30-6-4-24)34-20(16)15-12-31-22-14(15)1-2-18(33-22)35-7-9-37-10-8-35/h1-2,12-13,17,19,30H,3-11,29H2,(H,31,33). The molecule has 12 heteroatoms. The van der Waals surface area contributed by atoms with Crippen molar-refractivity contribution in [2.75, 3.05) is 44.3 Å². The third-order valence-electron chi connectivity index (χ3n) is 7.93. The van der Waals surface area contributed by atoms with E-state index < -0.39 is 29.1 Å². The molecule has 3 fully saturated rings. The number of hydrogen-bond donors (Lipinski definition) is 3. The number of rotatable bonds is 3. The SMILES string of the molecule is NC1CC2(CCNCC2)C(=O)C1c1ncc(C(F)(F)F)c(-c2c[nH]c3nc(N4CCOCC4)ccc23)n1. The number of aromatic nitrogens is 4. The molecule has 9 nitrogen and oxygen atoms in total. The molecule has 5 heterocycles. The molecular weight excluding hydrogens is 487 g/mol. The highest BCUT2D eigenvalue weighted by atomic mass is 19.4. The number of H-pyrrole nitrogens is 1. The number of nitrogens with two attached hydrogens (primary N) is 1. The van der Waals surface area contributed by atoms with Gasteiger partial charge in [0.15, 0.2) is 5.78 Å². The number of Topliss-reactive ketones (excluding diaryl/α,β-unsaturated/α-hetero) is 1. The first kappa shape index (κ1) is 24.3. The van der Waals surface area contributed by atoms with Gasteiger partial charge in [-0.1, -0.05) is 0 Å². The first-order chi connectivity index (χ1) is 17.8. The molecule has 3 aromatic rings. The number of nitrogens with zero attached hydrogens (tertiary/aromatic N) is 4. The van der Waals surface area contributed by atoms with Crippen molar-refractivity contribution in [3.63, 3.8) is 0 Å². The number of morpholine rings is 1. The summed E-state index contributed by atoms with van der Waals surface area (Å²) < 4.78 is 47.6. The van der Waals surface area contributed by atoms with Crippen LogP contribution in [-0.4, -0.2) is 71.2 Å². The number of anilines is 1. The van der Waals surface area contributed by atoms with Gasteiger partial charge in [-0.05, 0) is 44.5 Å². The average Bonchev–Trinajstić information content (AvgIpc) is 3.42. The largest absolute Gasteiger partial charge is 0.419 e. The van der Waals surface area contributed by atoms with E-state index in [1.165, 1.54) is 6.20 Å². The highest BCUT2D eigenvalue weighted by molar-refractivity contribution is 5.95. The van der Waals surface area contributed by atoms with Crippen molar-refractivity contribution in [1.82, 2.24) is 25.3 Å². The fourth-order valence-corrected chi connectivity index (χ4v) is 5.98. The van der Waals surface area contributed by atoms with E-state index in [0.29, 0.717) is 69.7 Å². The number of piperidine rings is 1. The minimum Gasteiger partial charge on any atom is -0.378 e. The number of hydrogen-bond acceptors (Lipinski definition) is 8. The van der Waals surface area contributed by atoms with Crippen LogP contribution in [0, 0.1) is 5.41 Å². The smallest absolute Gasteiger partial charge is 0.378 e. The molecule has 0 bridgehead atoms. The van der Waals surface area contributed by atoms with Crippen molar-refractivity contribution < 1.29 is 22.7 Å². The number of halogens is 3. The van der Waals surface area contributed by atoms with Crippen molar-refractivity contribution in [3.8, 4) is 11.3 Å². The van der Waals surface area contributed by atoms with Gasteiger partial charge in [-0.25, -0.2) is 15.0 Å². The molecule has 2 aliphatic heterocycles. The second-order valence-corrected chi connectivity index (χ2v) is 10.1. The van der Waals surface area contributed by atoms with Crippen molar-refractivity contribution in [2.24, 2.45) is 11.1 Å². The number of carbonyl (C=O) groups excluding carboxylic acids is 1. The van der Waals surface area contributed by atoms with E-state index in [-0.39, 0.29) is 22.9 Å². The number of fused-ring (bicyclic) bond motifs is 1. The molecule has 2 unspecified atom stereocenters. The lowest BCUT2D eigenvalue weighted by Gasteiger charge is -2.32. The second-order valence-electron chi connectivity index (χ2n) is 10.1. The summed E-state index contributed by atoms with van der Waals surface area (Å²) in [7, 11) is 0. The molecule has 0 radical (unpaired) electrons. The van der Waals surface area contributed by atoms with E-state index in [1.54, 1.807) is 12.1 Å². The van der Waals surface area contributed by atoms with Crippen LogP contribution in [0.1, 0.15) is 36.6 Å². The average molecular weight is 516 g/mol. The minimum atomic E-state index is -4.68. The maximum atomic E-state index is 14.1. The molecule has 1 spiro atoms. The Bertz CT molecular complexity index is 1330. The van der Waals surface area contributed by atoms with Gasteiger partial charge in [0.2, 0.25) is 0 Å². The Hall–Kier alpha value is -3.09. The summed E-state index contributed by atoms with van der Waals surface area (Å²) in [5, 5.41) is 3.76. The van der Waals surface area contributed by atoms with Crippen molar-refractivity contribution >= 4 is 22.6 Å². The van der Waals surface area contributed by atoms with Crippen LogP contribution in [0.15, 0.2) is 24.5 Å². The van der Waals surface area contributed by atoms with E-state index >= 15 is 0 Å². The van der Waals surface area contributed by atoms with Crippen LogP contribution < -0.4 is 16.0 Å². The van der Waals surface area contributed by atoms with E-state index in [0.717, 1.165) is 12.0 Å². The Morgan fingerprint density at radius 1 is 1.14 bits per heavy atom. The van der Waals surface area contributed by atoms with Crippen LogP contribution in [0.4, 0.5) is 19.0 Å². The maximum absolute atomic E-state index is 14.1. The summed E-state index contributed by atoms with van der Waals surface area (Å²) in [6.45, 7) is 3.97. The lowest BCUT2D eigenvalue weighted by atomic mass is 9.76. The molecule has 196 valence electrons. The lowest BCUT2D eigenvalue weighted by molar-refractivity contribution is -0.137. The fourth-order valence-electron chi connectivity index (χ4n) is 5.98. The molecule has 0 amide bonds. The van der Waals surface area contributed by atoms with Crippen LogP contribution in [0.2, 0.25) is 0 Å². The van der Waals surface area contributed by atoms with Crippen molar-refractivity contribution in [3.05, 3.63) is 35.9 Å². The summed E-state index contributed by atoms with van der Waals surface area (Å²) in [6, 6.07) is 2.99. The molecule has 4 N–H and O–H groups in total. The van der Waals surface area contributed by atoms with E-state index in [2.05, 4.69) is 30.2 Å². The lowest BCUT2D eigenvalue weighted by Crippen LogP contribution is -2.40. The highest BCUT2D eigenvalue weighted by Crippen LogP contribution is 2.48. The molecule has 2 atom stereocenters. The predicted octanol–water partition coefficient (Wildman–Crippen LogP) is 2.63. The number of ether oxygens (including phenoxy) is 1. The van der Waals surface area contributed by atoms with Crippen LogP contribution in [0.5, 0.6) is 0 Å². The van der Waals surface area contributed by atoms with Crippen molar-refractivity contribution in [1.29, 1.82) is 0 Å². The fraction of sp³-hybridized carbons (Fsp3) is 0.520. The van der Waals surface area contributed by atoms with Gasteiger partial charge in [-0.2, -0.15) is 13.2 Å². The summed E-state index contributed by atoms with van der Waals surface area (Å²) in [5.74, 6) is -0.139. The van der Waals surface area contributed by atoms with E-state index in [9.17, 15) is 18.0 Å². The van der Waals surface area contributed by atoms with Gasteiger partial charge in [0, 0.05) is 47.9 Å². The summed E-state index contributed by atoms with van der Waals surface area (Å²) >= 11 is 0. The van der Waals surface area contributed by atoms with Crippen LogP contribution >= 0.6 is 0 Å². The maximum Gasteiger partial charge on any atom is 0.419 e. The van der Waals surface area contributed by atoms with E-state index in [1.807, 2.05) is 0 Å². The third-order valence-corrected chi connectivity index (χ3v) is 7.93. The summed E-state index contributed by atoms with van der Waals surface area (Å²) in [6.07, 6.45) is -0.631. The molecule has 0 aromatic carbocycles. The topological polar surface area (TPSA) is 122 Å². The molecular formula is C25H28F3N7O2. The number of aromatic amines is 1. The third kappa shape index (κ3) is 4.16. The Labute approximate surface area is 211 Å². The summed E-state index contributed by atoms with van der Waals surface area (Å²) in [5.41, 5.74) is 5.29. The molecule has 2 saturated heterocycles.